The lowest BCUT2D eigenvalue weighted by molar-refractivity contribution is -0.158. The minimum atomic E-state index is -0.329. The molecule has 0 radical (unpaired) electrons. The van der Waals surface area contributed by atoms with Gasteiger partial charge in [0.25, 0.3) is 0 Å². The molecule has 0 saturated carbocycles. The molecule has 12 heteroatoms. The minimum absolute atomic E-state index is 0. The molecular formula is C64H140O12. The van der Waals surface area contributed by atoms with E-state index in [0.717, 1.165) is 70.6 Å². The van der Waals surface area contributed by atoms with Gasteiger partial charge in [-0.25, -0.2) is 0 Å². The van der Waals surface area contributed by atoms with E-state index in [1.54, 1.807) is 0 Å². The third-order valence-corrected chi connectivity index (χ3v) is 12.2. The quantitative estimate of drug-likeness (QED) is 0.0459. The molecule has 0 atom stereocenters. The Morgan fingerprint density at radius 2 is 0.579 bits per heavy atom. The molecule has 468 valence electrons. The van der Waals surface area contributed by atoms with E-state index >= 15 is 0 Å². The van der Waals surface area contributed by atoms with Gasteiger partial charge in [0, 0.05) is 0 Å². The van der Waals surface area contributed by atoms with Gasteiger partial charge in [0.15, 0.2) is 0 Å². The summed E-state index contributed by atoms with van der Waals surface area (Å²) in [5.74, 6) is -0.0791. The Labute approximate surface area is 476 Å². The van der Waals surface area contributed by atoms with Crippen molar-refractivity contribution < 1.29 is 57.2 Å². The van der Waals surface area contributed by atoms with Crippen LogP contribution in [0.25, 0.3) is 0 Å². The van der Waals surface area contributed by atoms with Crippen LogP contribution in [0.4, 0.5) is 0 Å². The Balaban J connectivity index is -0.0000000638. The summed E-state index contributed by atoms with van der Waals surface area (Å²) in [6.45, 7) is 53.5. The lowest BCUT2D eigenvalue weighted by atomic mass is 9.91. The van der Waals surface area contributed by atoms with Crippen LogP contribution in [0.3, 0.4) is 0 Å². The van der Waals surface area contributed by atoms with Crippen LogP contribution in [-0.4, -0.2) is 75.0 Å². The zero-order chi connectivity index (χ0) is 56.6. The molecule has 0 aromatic rings. The van der Waals surface area contributed by atoms with Crippen LogP contribution in [0, 0.1) is 38.4 Å². The fourth-order valence-corrected chi connectivity index (χ4v) is 3.79. The SMILES string of the molecule is C.C.C.C.C.C.CCC(C)(C)C(=O)OC(C)C.CCC(C)(C)C(=O)OCC(C)C.CCCCCCOC(=O)C(C)(C)CC.CCCCOC(=O)C(C)(C)CC.CCCOC(=O)C(C)(C)CC.CCOC(=O)C(C)(C)CC. The van der Waals surface area contributed by atoms with Crippen molar-refractivity contribution in [2.24, 2.45) is 38.4 Å². The predicted octanol–water partition coefficient (Wildman–Crippen LogP) is 19.5. The Kier molecular flexibility index (Phi) is 73.7. The van der Waals surface area contributed by atoms with Crippen LogP contribution in [0.2, 0.25) is 0 Å². The van der Waals surface area contributed by atoms with Crippen LogP contribution in [0.1, 0.15) is 308 Å². The molecule has 12 nitrogen and oxygen atoms in total. The number of ether oxygens (including phenoxy) is 6. The van der Waals surface area contributed by atoms with Crippen molar-refractivity contribution in [1.29, 1.82) is 0 Å². The summed E-state index contributed by atoms with van der Waals surface area (Å²) in [5, 5.41) is 0. The topological polar surface area (TPSA) is 158 Å². The fraction of sp³-hybridized carbons (Fsp3) is 0.906. The molecule has 0 aromatic heterocycles. The maximum absolute atomic E-state index is 11.5. The summed E-state index contributed by atoms with van der Waals surface area (Å²) in [6.07, 6.45) is 12.5. The van der Waals surface area contributed by atoms with Gasteiger partial charge in [-0.15, -0.1) is 0 Å². The molecule has 0 rings (SSSR count). The van der Waals surface area contributed by atoms with Gasteiger partial charge in [0.05, 0.1) is 71.6 Å². The maximum Gasteiger partial charge on any atom is 0.311 e. The monoisotopic (exact) mass is 1100 g/mol. The molecule has 0 bridgehead atoms. The molecule has 76 heavy (non-hydrogen) atoms. The van der Waals surface area contributed by atoms with E-state index in [2.05, 4.69) is 13.8 Å². The molecule has 0 saturated heterocycles. The second kappa shape index (κ2) is 55.1. The van der Waals surface area contributed by atoms with Gasteiger partial charge in [-0.05, 0) is 168 Å². The van der Waals surface area contributed by atoms with Gasteiger partial charge < -0.3 is 28.4 Å². The largest absolute Gasteiger partial charge is 0.466 e. The van der Waals surface area contributed by atoms with E-state index in [1.165, 1.54) is 12.8 Å². The number of esters is 6. The first kappa shape index (κ1) is 102. The Morgan fingerprint density at radius 1 is 0.316 bits per heavy atom. The molecule has 0 aliphatic rings. The lowest BCUT2D eigenvalue weighted by Crippen LogP contribution is -2.28. The van der Waals surface area contributed by atoms with Gasteiger partial charge in [0.1, 0.15) is 0 Å². The van der Waals surface area contributed by atoms with Gasteiger partial charge in [-0.1, -0.05) is 146 Å². The summed E-state index contributed by atoms with van der Waals surface area (Å²) in [4.78, 5) is 67.8. The average Bonchev–Trinajstić information content (AvgIpc) is 3.30. The number of hydrogen-bond donors (Lipinski definition) is 0. The van der Waals surface area contributed by atoms with Gasteiger partial charge >= 0.3 is 35.8 Å². The Morgan fingerprint density at radius 3 is 0.829 bits per heavy atom. The highest BCUT2D eigenvalue weighted by Crippen LogP contribution is 2.25. The van der Waals surface area contributed by atoms with Crippen molar-refractivity contribution in [2.75, 3.05) is 33.0 Å². The second-order valence-corrected chi connectivity index (χ2v) is 22.4. The zero-order valence-corrected chi connectivity index (χ0v) is 50.8. The first-order valence-corrected chi connectivity index (χ1v) is 27.0. The van der Waals surface area contributed by atoms with E-state index in [-0.39, 0.29) is 119 Å². The molecule has 0 aliphatic carbocycles. The molecule has 0 fully saturated rings. The van der Waals surface area contributed by atoms with Crippen molar-refractivity contribution >= 4 is 35.8 Å². The Bertz CT molecular complexity index is 1360. The fourth-order valence-electron chi connectivity index (χ4n) is 3.79. The second-order valence-electron chi connectivity index (χ2n) is 22.4. The third kappa shape index (κ3) is 55.6. The lowest BCUT2D eigenvalue weighted by Gasteiger charge is -2.21. The van der Waals surface area contributed by atoms with Gasteiger partial charge in [-0.2, -0.15) is 0 Å². The van der Waals surface area contributed by atoms with Crippen LogP contribution in [0.15, 0.2) is 0 Å². The van der Waals surface area contributed by atoms with Gasteiger partial charge in [-0.3, -0.25) is 28.8 Å². The first-order chi connectivity index (χ1) is 32.0. The highest BCUT2D eigenvalue weighted by atomic mass is 16.6. The van der Waals surface area contributed by atoms with Crippen molar-refractivity contribution in [3.8, 4) is 0 Å². The Hall–Kier alpha value is -3.18. The highest BCUT2D eigenvalue weighted by Gasteiger charge is 2.30. The number of hydrogen-bond acceptors (Lipinski definition) is 12. The molecule has 0 amide bonds. The van der Waals surface area contributed by atoms with Crippen LogP contribution in [0.5, 0.6) is 0 Å². The molecule has 0 aliphatic heterocycles. The molecule has 0 N–H and O–H groups in total. The molecule has 0 unspecified atom stereocenters. The molecular weight excluding hydrogens is 961 g/mol. The van der Waals surface area contributed by atoms with E-state index in [4.69, 9.17) is 28.4 Å². The van der Waals surface area contributed by atoms with E-state index in [0.29, 0.717) is 39.0 Å². The summed E-state index contributed by atoms with van der Waals surface area (Å²) < 4.78 is 30.4. The minimum Gasteiger partial charge on any atom is -0.466 e. The summed E-state index contributed by atoms with van der Waals surface area (Å²) in [6, 6.07) is 0. The zero-order valence-electron chi connectivity index (χ0n) is 50.8. The van der Waals surface area contributed by atoms with Gasteiger partial charge in [0.2, 0.25) is 0 Å². The van der Waals surface area contributed by atoms with Crippen LogP contribution >= 0.6 is 0 Å². The van der Waals surface area contributed by atoms with Crippen LogP contribution < -0.4 is 0 Å². The highest BCUT2D eigenvalue weighted by molar-refractivity contribution is 5.77. The first-order valence-electron chi connectivity index (χ1n) is 27.0. The van der Waals surface area contributed by atoms with Crippen LogP contribution in [-0.2, 0) is 57.2 Å². The molecule has 0 spiro atoms. The number of carbonyl (C=O) groups is 6. The maximum atomic E-state index is 11.5. The smallest absolute Gasteiger partial charge is 0.311 e. The van der Waals surface area contributed by atoms with Crippen molar-refractivity contribution in [1.82, 2.24) is 0 Å². The standard InChI is InChI=1S/C12H24O2.2C10H20O2.2C9H18O2.C8H16O2.6CH4/c1-5-7-8-9-10-14-11(13)12(3,4)6-2;1-6-10(4,5)9(11)12-7-8(2)3;1-5-7-8-12-9(11)10(3,4)6-2;1-6-9(4,5)8(10)11-7(2)3;1-5-7-11-8(10)9(3,4)6-2;1-5-8(3,4)7(9)10-6-2;;;;;;/h5-10H2,1-4H3;8H,6-7H2,1-5H3;5-8H2,1-4H3;7H,6H2,1-5H3;5-7H2,1-4H3;5-6H2,1-4H3;6*1H4. The van der Waals surface area contributed by atoms with Crippen molar-refractivity contribution in [3.05, 3.63) is 0 Å². The summed E-state index contributed by atoms with van der Waals surface area (Å²) in [7, 11) is 0. The predicted molar refractivity (Wildman–Crippen MR) is 331 cm³/mol. The number of carbonyl (C=O) groups excluding carboxylic acids is 6. The summed E-state index contributed by atoms with van der Waals surface area (Å²) in [5.41, 5.74) is -1.90. The van der Waals surface area contributed by atoms with Crippen molar-refractivity contribution in [2.45, 2.75) is 314 Å². The average molecular weight is 1100 g/mol. The molecule has 0 aromatic carbocycles. The van der Waals surface area contributed by atoms with E-state index in [1.807, 2.05) is 166 Å². The summed E-state index contributed by atoms with van der Waals surface area (Å²) >= 11 is 0. The third-order valence-electron chi connectivity index (χ3n) is 12.2. The van der Waals surface area contributed by atoms with Crippen molar-refractivity contribution in [3.63, 3.8) is 0 Å². The normalized spacial score (nSPS) is 10.6. The van der Waals surface area contributed by atoms with E-state index in [9.17, 15) is 28.8 Å². The number of unbranched alkanes of at least 4 members (excludes halogenated alkanes) is 4. The number of rotatable bonds is 26. The molecule has 0 heterocycles. The van der Waals surface area contributed by atoms with E-state index < -0.39 is 0 Å².